The summed E-state index contributed by atoms with van der Waals surface area (Å²) in [5.41, 5.74) is 1.87. The van der Waals surface area contributed by atoms with Crippen molar-refractivity contribution >= 4 is 20.2 Å². The summed E-state index contributed by atoms with van der Waals surface area (Å²) in [6.07, 6.45) is 0.895. The lowest BCUT2D eigenvalue weighted by molar-refractivity contribution is -0.0514. The topological polar surface area (TPSA) is 114 Å². The fraction of sp³-hybridized carbons (Fsp3) is 0.417. The van der Waals surface area contributed by atoms with Gasteiger partial charge in [0.25, 0.3) is 20.2 Å². The smallest absolute Gasteiger partial charge is 0.297 e. The second-order valence-electron chi connectivity index (χ2n) is 7.57. The Morgan fingerprint density at radius 2 is 1.23 bits per heavy atom. The fourth-order valence-electron chi connectivity index (χ4n) is 2.72. The third kappa shape index (κ3) is 10.6. The average molecular weight is 529 g/mol. The molecule has 0 amide bonds. The Morgan fingerprint density at radius 3 is 1.77 bits per heavy atom. The minimum atomic E-state index is -3.95. The quantitative estimate of drug-likeness (QED) is 0.174. The molecule has 0 heterocycles. The Balaban J connectivity index is 1.73. The molecule has 0 aromatic heterocycles. The third-order valence-corrected chi connectivity index (χ3v) is 7.24. The molecule has 0 aliphatic rings. The lowest BCUT2D eigenvalue weighted by Crippen LogP contribution is -2.29. The summed E-state index contributed by atoms with van der Waals surface area (Å²) in [7, 11) is -7.80. The van der Waals surface area contributed by atoms with Crippen LogP contribution in [0.15, 0.2) is 71.0 Å². The van der Waals surface area contributed by atoms with Crippen molar-refractivity contribution in [2.45, 2.75) is 29.7 Å². The number of ether oxygens (including phenoxy) is 3. The summed E-state index contributed by atoms with van der Waals surface area (Å²) in [5, 5.41) is 0. The molecular weight excluding hydrogens is 496 g/mol. The lowest BCUT2D eigenvalue weighted by Gasteiger charge is -2.18. The Morgan fingerprint density at radius 1 is 0.714 bits per heavy atom. The van der Waals surface area contributed by atoms with Crippen molar-refractivity contribution in [2.24, 2.45) is 0 Å². The minimum Gasteiger partial charge on any atom is -0.377 e. The van der Waals surface area contributed by atoms with Gasteiger partial charge < -0.3 is 14.2 Å². The highest BCUT2D eigenvalue weighted by atomic mass is 32.2. The molecule has 2 aromatic rings. The number of benzene rings is 2. The standard InChI is InChI=1S/C24H32O9S2/c1-4-13-30-18-22(19-33-35(27,28)24-11-7-21(3)8-12-24)31-16-14-29-15-17-32-34(25,26)23-9-5-20(2)6-10-23/h4-12,22H,1,13-19H2,2-3H3. The van der Waals surface area contributed by atoms with Crippen LogP contribution in [0.2, 0.25) is 0 Å². The fourth-order valence-corrected chi connectivity index (χ4v) is 4.55. The maximum Gasteiger partial charge on any atom is 0.297 e. The van der Waals surface area contributed by atoms with Crippen LogP contribution < -0.4 is 0 Å². The zero-order chi connectivity index (χ0) is 25.7. The summed E-state index contributed by atoms with van der Waals surface area (Å²) in [5.74, 6) is 0. The van der Waals surface area contributed by atoms with Gasteiger partial charge in [0, 0.05) is 0 Å². The average Bonchev–Trinajstić information content (AvgIpc) is 2.82. The van der Waals surface area contributed by atoms with Gasteiger partial charge in [0.2, 0.25) is 0 Å². The summed E-state index contributed by atoms with van der Waals surface area (Å²) in [4.78, 5) is 0.132. The maximum absolute atomic E-state index is 12.4. The van der Waals surface area contributed by atoms with Crippen LogP contribution in [-0.2, 0) is 42.8 Å². The number of hydrogen-bond acceptors (Lipinski definition) is 9. The van der Waals surface area contributed by atoms with Crippen LogP contribution in [0.5, 0.6) is 0 Å². The molecule has 1 unspecified atom stereocenters. The van der Waals surface area contributed by atoms with Gasteiger partial charge in [-0.25, -0.2) is 0 Å². The van der Waals surface area contributed by atoms with Gasteiger partial charge in [-0.1, -0.05) is 41.5 Å². The second-order valence-corrected chi connectivity index (χ2v) is 10.8. The van der Waals surface area contributed by atoms with Gasteiger partial charge >= 0.3 is 0 Å². The van der Waals surface area contributed by atoms with Gasteiger partial charge in [-0.2, -0.15) is 16.8 Å². The van der Waals surface area contributed by atoms with E-state index in [0.29, 0.717) is 0 Å². The molecule has 0 spiro atoms. The van der Waals surface area contributed by atoms with Crippen LogP contribution in [0.3, 0.4) is 0 Å². The van der Waals surface area contributed by atoms with Crippen molar-refractivity contribution < 1.29 is 39.4 Å². The molecule has 2 rings (SSSR count). The first kappa shape index (κ1) is 29.1. The zero-order valence-corrected chi connectivity index (χ0v) is 21.6. The first-order valence-corrected chi connectivity index (χ1v) is 13.8. The molecule has 0 saturated heterocycles. The predicted octanol–water partition coefficient (Wildman–Crippen LogP) is 3.02. The van der Waals surface area contributed by atoms with Gasteiger partial charge in [-0.15, -0.1) is 6.58 Å². The van der Waals surface area contributed by atoms with E-state index in [1.165, 1.54) is 24.3 Å². The lowest BCUT2D eigenvalue weighted by atomic mass is 10.2. The number of aryl methyl sites for hydroxylation is 2. The molecule has 0 N–H and O–H groups in total. The van der Waals surface area contributed by atoms with E-state index in [-0.39, 0.29) is 56.0 Å². The molecule has 9 nitrogen and oxygen atoms in total. The highest BCUT2D eigenvalue weighted by Gasteiger charge is 2.19. The summed E-state index contributed by atoms with van der Waals surface area (Å²) in [6.45, 7) is 7.53. The monoisotopic (exact) mass is 528 g/mol. The molecule has 11 heteroatoms. The van der Waals surface area contributed by atoms with Gasteiger partial charge in [0.15, 0.2) is 0 Å². The van der Waals surface area contributed by atoms with E-state index in [1.54, 1.807) is 30.3 Å². The van der Waals surface area contributed by atoms with Gasteiger partial charge in [0.05, 0.1) is 56.0 Å². The summed E-state index contributed by atoms with van der Waals surface area (Å²) >= 11 is 0. The Hall–Kier alpha value is -2.12. The predicted molar refractivity (Wildman–Crippen MR) is 130 cm³/mol. The van der Waals surface area contributed by atoms with Crippen LogP contribution >= 0.6 is 0 Å². The normalized spacial score (nSPS) is 13.0. The first-order valence-electron chi connectivity index (χ1n) is 10.9. The van der Waals surface area contributed by atoms with E-state index >= 15 is 0 Å². The Bertz CT molecular complexity index is 1110. The van der Waals surface area contributed by atoms with E-state index in [4.69, 9.17) is 22.6 Å². The van der Waals surface area contributed by atoms with Crippen LogP contribution in [0.1, 0.15) is 11.1 Å². The third-order valence-electron chi connectivity index (χ3n) is 4.62. The van der Waals surface area contributed by atoms with Crippen molar-refractivity contribution in [3.05, 3.63) is 72.3 Å². The van der Waals surface area contributed by atoms with Gasteiger partial charge in [0.1, 0.15) is 6.10 Å². The van der Waals surface area contributed by atoms with E-state index in [0.717, 1.165) is 11.1 Å². The molecule has 0 bridgehead atoms. The SMILES string of the molecule is C=CCOCC(COS(=O)(=O)c1ccc(C)cc1)OCCOCCOS(=O)(=O)c1ccc(C)cc1. The largest absolute Gasteiger partial charge is 0.377 e. The Labute approximate surface area is 207 Å². The van der Waals surface area contributed by atoms with Crippen LogP contribution in [0, 0.1) is 13.8 Å². The molecule has 0 fully saturated rings. The summed E-state index contributed by atoms with van der Waals surface area (Å²) in [6, 6.07) is 12.7. The van der Waals surface area contributed by atoms with E-state index in [2.05, 4.69) is 6.58 Å². The van der Waals surface area contributed by atoms with E-state index < -0.39 is 26.3 Å². The molecule has 2 aromatic carbocycles. The van der Waals surface area contributed by atoms with Crippen LogP contribution in [0.25, 0.3) is 0 Å². The molecule has 35 heavy (non-hydrogen) atoms. The van der Waals surface area contributed by atoms with Crippen LogP contribution in [-0.4, -0.2) is 69.2 Å². The van der Waals surface area contributed by atoms with Crippen molar-refractivity contribution in [1.82, 2.24) is 0 Å². The molecule has 194 valence electrons. The molecule has 0 aliphatic heterocycles. The molecule has 0 saturated carbocycles. The number of rotatable bonds is 17. The Kier molecular flexibility index (Phi) is 12.0. The van der Waals surface area contributed by atoms with Crippen molar-refractivity contribution in [1.29, 1.82) is 0 Å². The van der Waals surface area contributed by atoms with Crippen molar-refractivity contribution in [3.8, 4) is 0 Å². The molecular formula is C24H32O9S2. The molecule has 0 aliphatic carbocycles. The van der Waals surface area contributed by atoms with Gasteiger partial charge in [-0.3, -0.25) is 8.37 Å². The number of hydrogen-bond donors (Lipinski definition) is 0. The first-order chi connectivity index (χ1) is 16.6. The van der Waals surface area contributed by atoms with Crippen LogP contribution in [0.4, 0.5) is 0 Å². The summed E-state index contributed by atoms with van der Waals surface area (Å²) < 4.78 is 75.5. The second kappa shape index (κ2) is 14.4. The molecule has 1 atom stereocenters. The van der Waals surface area contributed by atoms with Crippen molar-refractivity contribution in [2.75, 3.05) is 46.2 Å². The maximum atomic E-state index is 12.4. The van der Waals surface area contributed by atoms with E-state index in [1.807, 2.05) is 13.8 Å². The highest BCUT2D eigenvalue weighted by molar-refractivity contribution is 7.87. The zero-order valence-electron chi connectivity index (χ0n) is 19.9. The minimum absolute atomic E-state index is 0.0321. The van der Waals surface area contributed by atoms with E-state index in [9.17, 15) is 16.8 Å². The van der Waals surface area contributed by atoms with Crippen molar-refractivity contribution in [3.63, 3.8) is 0 Å². The van der Waals surface area contributed by atoms with Gasteiger partial charge in [-0.05, 0) is 38.1 Å². The molecule has 0 radical (unpaired) electrons. The highest BCUT2D eigenvalue weighted by Crippen LogP contribution is 2.15.